The number of nitrogens with zero attached hydrogens (tertiary/aromatic N) is 2. The van der Waals surface area contributed by atoms with Crippen molar-refractivity contribution < 1.29 is 4.79 Å². The maximum atomic E-state index is 12.4. The topological polar surface area (TPSA) is 42.9 Å². The van der Waals surface area contributed by atoms with Crippen LogP contribution in [-0.2, 0) is 12.8 Å². The van der Waals surface area contributed by atoms with Crippen molar-refractivity contribution in [1.29, 1.82) is 0 Å². The number of thiophene rings is 1. The summed E-state index contributed by atoms with van der Waals surface area (Å²) < 4.78 is 0.624. The summed E-state index contributed by atoms with van der Waals surface area (Å²) >= 11 is 14.6. The van der Waals surface area contributed by atoms with Gasteiger partial charge >= 0.3 is 0 Å². The van der Waals surface area contributed by atoms with Gasteiger partial charge in [0.05, 0.1) is 20.7 Å². The number of aryl methyl sites for hydroxylation is 1. The molecule has 3 nitrogen and oxygen atoms in total. The molecule has 0 saturated carbocycles. The summed E-state index contributed by atoms with van der Waals surface area (Å²) in [5.41, 5.74) is 4.34. The first-order valence-corrected chi connectivity index (χ1v) is 11.2. The zero-order valence-corrected chi connectivity index (χ0v) is 17.5. The van der Waals surface area contributed by atoms with E-state index in [4.69, 9.17) is 33.2 Å². The number of halogens is 2. The van der Waals surface area contributed by atoms with Crippen LogP contribution in [0.3, 0.4) is 0 Å². The molecule has 0 N–H and O–H groups in total. The van der Waals surface area contributed by atoms with Gasteiger partial charge in [-0.05, 0) is 49.9 Å². The number of rotatable bonds is 5. The number of Topliss-reactive ketones (excluding diaryl/α,β-unsaturated/α-hetero) is 1. The zero-order chi connectivity index (χ0) is 18.8. The molecule has 3 aromatic rings. The van der Waals surface area contributed by atoms with Crippen molar-refractivity contribution in [3.05, 3.63) is 61.9 Å². The summed E-state index contributed by atoms with van der Waals surface area (Å²) in [6.45, 7) is 0. The number of carbonyl (C=O) groups excluding carboxylic acids is 1. The molecule has 27 heavy (non-hydrogen) atoms. The predicted molar refractivity (Wildman–Crippen MR) is 114 cm³/mol. The Bertz CT molecular complexity index is 986. The molecule has 0 atom stereocenters. The number of benzene rings is 1. The van der Waals surface area contributed by atoms with Gasteiger partial charge in [-0.3, -0.25) is 4.79 Å². The number of aromatic nitrogens is 2. The first kappa shape index (κ1) is 18.9. The molecular weight excluding hydrogens is 419 g/mol. The molecule has 7 heteroatoms. The number of carbonyl (C=O) groups is 1. The van der Waals surface area contributed by atoms with Crippen molar-refractivity contribution in [2.75, 3.05) is 5.75 Å². The largest absolute Gasteiger partial charge is 0.292 e. The van der Waals surface area contributed by atoms with Gasteiger partial charge in [-0.25, -0.2) is 9.97 Å². The van der Waals surface area contributed by atoms with Crippen molar-refractivity contribution in [2.24, 2.45) is 0 Å². The number of thioether (sulfide) groups is 1. The molecule has 1 aliphatic carbocycles. The lowest BCUT2D eigenvalue weighted by molar-refractivity contribution is 0.102. The van der Waals surface area contributed by atoms with Gasteiger partial charge in [0.25, 0.3) is 0 Å². The molecular formula is C20H16Cl2N2OS2. The fraction of sp³-hybridized carbons (Fsp3) is 0.250. The molecule has 0 unspecified atom stereocenters. The molecule has 0 radical (unpaired) electrons. The third-order valence-electron chi connectivity index (χ3n) is 4.46. The van der Waals surface area contributed by atoms with Crippen LogP contribution < -0.4 is 0 Å². The smallest absolute Gasteiger partial charge is 0.188 e. The lowest BCUT2D eigenvalue weighted by Crippen LogP contribution is -2.11. The zero-order valence-electron chi connectivity index (χ0n) is 14.4. The first-order valence-electron chi connectivity index (χ1n) is 8.67. The quantitative estimate of drug-likeness (QED) is 0.266. The molecule has 2 aromatic heterocycles. The highest BCUT2D eigenvalue weighted by Crippen LogP contribution is 2.32. The Morgan fingerprint density at radius 3 is 2.56 bits per heavy atom. The average molecular weight is 435 g/mol. The fourth-order valence-corrected chi connectivity index (χ4v) is 5.09. The molecule has 0 amide bonds. The van der Waals surface area contributed by atoms with E-state index in [0.29, 0.717) is 25.1 Å². The normalized spacial score (nSPS) is 13.4. The van der Waals surface area contributed by atoms with E-state index in [9.17, 15) is 4.79 Å². The van der Waals surface area contributed by atoms with Crippen LogP contribution in [0.4, 0.5) is 0 Å². The van der Waals surface area contributed by atoms with Gasteiger partial charge in [0.1, 0.15) is 0 Å². The van der Waals surface area contributed by atoms with Gasteiger partial charge in [0.15, 0.2) is 10.9 Å². The second-order valence-electron chi connectivity index (χ2n) is 6.31. The van der Waals surface area contributed by atoms with Crippen LogP contribution in [0.15, 0.2) is 41.6 Å². The van der Waals surface area contributed by atoms with Gasteiger partial charge in [-0.15, -0.1) is 11.3 Å². The standard InChI is InChI=1S/C20H16Cl2N2OS2/c21-13-7-5-12(6-8-13)19-14-3-1-2-4-15(14)23-20(24-19)26-11-16(25)17-9-10-18(22)27-17/h5-10H,1-4,11H2. The minimum absolute atomic E-state index is 0.0475. The van der Waals surface area contributed by atoms with Gasteiger partial charge in [0, 0.05) is 21.8 Å². The number of fused-ring (bicyclic) bond motifs is 1. The van der Waals surface area contributed by atoms with Crippen LogP contribution >= 0.6 is 46.3 Å². The number of hydrogen-bond acceptors (Lipinski definition) is 5. The van der Waals surface area contributed by atoms with E-state index < -0.39 is 0 Å². The van der Waals surface area contributed by atoms with Crippen LogP contribution in [0.25, 0.3) is 11.3 Å². The summed E-state index contributed by atoms with van der Waals surface area (Å²) in [5.74, 6) is 0.349. The summed E-state index contributed by atoms with van der Waals surface area (Å²) in [6.07, 6.45) is 4.24. The molecule has 0 bridgehead atoms. The van der Waals surface area contributed by atoms with Crippen molar-refractivity contribution in [3.8, 4) is 11.3 Å². The summed E-state index contributed by atoms with van der Waals surface area (Å²) in [6, 6.07) is 11.3. The Hall–Kier alpha value is -1.40. The first-order chi connectivity index (χ1) is 13.1. The van der Waals surface area contributed by atoms with Crippen molar-refractivity contribution in [3.63, 3.8) is 0 Å². The lowest BCUT2D eigenvalue weighted by Gasteiger charge is -2.19. The highest BCUT2D eigenvalue weighted by molar-refractivity contribution is 7.99. The molecule has 1 aromatic carbocycles. The van der Waals surface area contributed by atoms with E-state index in [0.717, 1.165) is 42.6 Å². The van der Waals surface area contributed by atoms with Gasteiger partial charge in [-0.2, -0.15) is 0 Å². The SMILES string of the molecule is O=C(CSc1nc2c(c(-c3ccc(Cl)cc3)n1)CCCC2)c1ccc(Cl)s1. The second-order valence-corrected chi connectivity index (χ2v) is 9.40. The highest BCUT2D eigenvalue weighted by Gasteiger charge is 2.20. The van der Waals surface area contributed by atoms with Crippen LogP contribution in [0.5, 0.6) is 0 Å². The van der Waals surface area contributed by atoms with Gasteiger partial charge < -0.3 is 0 Å². The van der Waals surface area contributed by atoms with Crippen molar-refractivity contribution in [1.82, 2.24) is 9.97 Å². The Labute approximate surface area is 176 Å². The average Bonchev–Trinajstić information content (AvgIpc) is 3.12. The molecule has 1 aliphatic rings. The summed E-state index contributed by atoms with van der Waals surface area (Å²) in [4.78, 5) is 22.6. The van der Waals surface area contributed by atoms with E-state index in [1.807, 2.05) is 24.3 Å². The maximum Gasteiger partial charge on any atom is 0.188 e. The Morgan fingerprint density at radius 1 is 1.04 bits per heavy atom. The number of hydrogen-bond donors (Lipinski definition) is 0. The number of ketones is 1. The Morgan fingerprint density at radius 2 is 1.81 bits per heavy atom. The monoisotopic (exact) mass is 434 g/mol. The third kappa shape index (κ3) is 4.37. The van der Waals surface area contributed by atoms with Gasteiger partial charge in [-0.1, -0.05) is 47.1 Å². The molecule has 4 rings (SSSR count). The third-order valence-corrected chi connectivity index (χ3v) is 6.83. The summed E-state index contributed by atoms with van der Waals surface area (Å²) in [7, 11) is 0. The minimum atomic E-state index is 0.0475. The Balaban J connectivity index is 1.62. The molecule has 0 saturated heterocycles. The van der Waals surface area contributed by atoms with Crippen LogP contribution in [0.1, 0.15) is 33.8 Å². The lowest BCUT2D eigenvalue weighted by atomic mass is 9.92. The van der Waals surface area contributed by atoms with E-state index in [-0.39, 0.29) is 5.78 Å². The van der Waals surface area contributed by atoms with Crippen LogP contribution in [0.2, 0.25) is 9.36 Å². The maximum absolute atomic E-state index is 12.4. The minimum Gasteiger partial charge on any atom is -0.292 e. The fourth-order valence-electron chi connectivity index (χ4n) is 3.15. The highest BCUT2D eigenvalue weighted by atomic mass is 35.5. The van der Waals surface area contributed by atoms with Gasteiger partial charge in [0.2, 0.25) is 0 Å². The molecule has 0 aliphatic heterocycles. The van der Waals surface area contributed by atoms with E-state index >= 15 is 0 Å². The van der Waals surface area contributed by atoms with Crippen molar-refractivity contribution in [2.45, 2.75) is 30.8 Å². The molecule has 0 fully saturated rings. The van der Waals surface area contributed by atoms with E-state index in [1.165, 1.54) is 28.7 Å². The predicted octanol–water partition coefficient (Wildman–Crippen LogP) is 6.37. The summed E-state index contributed by atoms with van der Waals surface area (Å²) in [5, 5.41) is 1.35. The Kier molecular flexibility index (Phi) is 5.83. The van der Waals surface area contributed by atoms with E-state index in [2.05, 4.69) is 0 Å². The van der Waals surface area contributed by atoms with Crippen LogP contribution in [-0.4, -0.2) is 21.5 Å². The van der Waals surface area contributed by atoms with Crippen molar-refractivity contribution >= 4 is 52.1 Å². The van der Waals surface area contributed by atoms with E-state index in [1.54, 1.807) is 12.1 Å². The van der Waals surface area contributed by atoms with Crippen LogP contribution in [0, 0.1) is 0 Å². The molecule has 2 heterocycles. The second kappa shape index (κ2) is 8.31. The molecule has 138 valence electrons. The molecule has 0 spiro atoms.